The molecule has 0 saturated carbocycles. The highest BCUT2D eigenvalue weighted by molar-refractivity contribution is 7.90. The zero-order valence-electron chi connectivity index (χ0n) is 35.5. The normalized spacial score (nSPS) is 18.2. The minimum Gasteiger partial charge on any atom is -0.455 e. The zero-order chi connectivity index (χ0) is 44.5. The number of likely N-dealkylation sites (tertiary alicyclic amines) is 1. The van der Waals surface area contributed by atoms with Crippen molar-refractivity contribution < 1.29 is 27.3 Å². The molecule has 0 atom stereocenters. The number of H-pyrrole nitrogens is 1. The molecule has 63 heavy (non-hydrogen) atoms. The van der Waals surface area contributed by atoms with Gasteiger partial charge in [-0.05, 0) is 122 Å². The Bertz CT molecular complexity index is 2730. The topological polar surface area (TPSA) is 163 Å². The molecule has 2 aromatic heterocycles. The van der Waals surface area contributed by atoms with Crippen LogP contribution in [0.2, 0.25) is 5.02 Å². The van der Waals surface area contributed by atoms with Crippen LogP contribution in [0.3, 0.4) is 0 Å². The molecule has 0 spiro atoms. The van der Waals surface area contributed by atoms with Gasteiger partial charge >= 0.3 is 0 Å². The maximum Gasteiger partial charge on any atom is 0.293 e. The van der Waals surface area contributed by atoms with E-state index in [4.69, 9.17) is 16.3 Å². The van der Waals surface area contributed by atoms with Crippen LogP contribution in [0.4, 0.5) is 15.8 Å². The third-order valence-electron chi connectivity index (χ3n) is 12.5. The number of carbonyl (C=O) groups is 1. The van der Waals surface area contributed by atoms with Gasteiger partial charge in [-0.25, -0.2) is 22.5 Å². The van der Waals surface area contributed by atoms with Gasteiger partial charge in [-0.3, -0.25) is 19.8 Å². The number of nitro benzene ring substituents is 1. The molecule has 2 aliphatic heterocycles. The van der Waals surface area contributed by atoms with Crippen LogP contribution in [-0.2, 0) is 10.0 Å². The van der Waals surface area contributed by atoms with Crippen LogP contribution in [0.25, 0.3) is 22.2 Å². The van der Waals surface area contributed by atoms with E-state index >= 15 is 4.39 Å². The fraction of sp³-hybridized carbons (Fsp3) is 0.362. The SMILES string of the molecule is CN1CCC(F)(CNc2ccc(S(=O)(=O)NC(=O)c3ccc(C4=CCN(CC5=C(c6ccc(Cl)cc6)CC(C)(C)CC5)CC4)cc3Oc3cnc4[nH]ccc4c3)cc2[N+](=O)[O-])CC1. The highest BCUT2D eigenvalue weighted by Crippen LogP contribution is 2.44. The molecule has 4 heterocycles. The summed E-state index contributed by atoms with van der Waals surface area (Å²) in [5.74, 6) is -0.570. The van der Waals surface area contributed by atoms with Crippen LogP contribution in [-0.4, -0.2) is 91.0 Å². The first-order valence-electron chi connectivity index (χ1n) is 21.1. The Morgan fingerprint density at radius 1 is 1.00 bits per heavy atom. The number of fused-ring (bicyclic) bond motifs is 1. The molecule has 330 valence electrons. The van der Waals surface area contributed by atoms with Gasteiger partial charge in [-0.1, -0.05) is 55.3 Å². The number of halogens is 2. The van der Waals surface area contributed by atoms with E-state index in [9.17, 15) is 23.3 Å². The lowest BCUT2D eigenvalue weighted by Crippen LogP contribution is -2.44. The number of aromatic nitrogens is 2. The van der Waals surface area contributed by atoms with E-state index in [1.165, 1.54) is 35.0 Å². The number of ether oxygens (including phenoxy) is 1. The molecule has 3 N–H and O–H groups in total. The number of rotatable bonds is 13. The molecule has 1 saturated heterocycles. The number of alkyl halides is 1. The van der Waals surface area contributed by atoms with Crippen LogP contribution in [0.1, 0.15) is 73.9 Å². The molecule has 0 radical (unpaired) electrons. The van der Waals surface area contributed by atoms with Gasteiger partial charge in [-0.15, -0.1) is 0 Å². The molecule has 8 rings (SSSR count). The van der Waals surface area contributed by atoms with E-state index in [1.54, 1.807) is 24.4 Å². The highest BCUT2D eigenvalue weighted by atomic mass is 35.5. The molecule has 0 bridgehead atoms. The Balaban J connectivity index is 1.02. The molecule has 3 aromatic carbocycles. The predicted octanol–water partition coefficient (Wildman–Crippen LogP) is 9.63. The number of benzene rings is 3. The minimum absolute atomic E-state index is 0.0292. The van der Waals surface area contributed by atoms with Crippen molar-refractivity contribution >= 4 is 61.1 Å². The predicted molar refractivity (Wildman–Crippen MR) is 244 cm³/mol. The Morgan fingerprint density at radius 3 is 2.49 bits per heavy atom. The largest absolute Gasteiger partial charge is 0.455 e. The Labute approximate surface area is 371 Å². The lowest BCUT2D eigenvalue weighted by atomic mass is 9.72. The molecular weight excluding hydrogens is 845 g/mol. The second-order valence-corrected chi connectivity index (χ2v) is 19.8. The van der Waals surface area contributed by atoms with E-state index < -0.39 is 37.1 Å². The minimum atomic E-state index is -4.63. The summed E-state index contributed by atoms with van der Waals surface area (Å²) in [5, 5.41) is 16.4. The van der Waals surface area contributed by atoms with Gasteiger partial charge in [-0.2, -0.15) is 0 Å². The second-order valence-electron chi connectivity index (χ2n) is 17.7. The third-order valence-corrected chi connectivity index (χ3v) is 14.0. The Kier molecular flexibility index (Phi) is 12.5. The van der Waals surface area contributed by atoms with E-state index in [1.807, 2.05) is 30.1 Å². The number of piperidine rings is 1. The van der Waals surface area contributed by atoms with Gasteiger partial charge in [0.25, 0.3) is 21.6 Å². The maximum atomic E-state index is 15.4. The van der Waals surface area contributed by atoms with Crippen LogP contribution < -0.4 is 14.8 Å². The summed E-state index contributed by atoms with van der Waals surface area (Å²) in [5.41, 5.74) is 4.54. The Hall–Kier alpha value is -5.61. The first-order chi connectivity index (χ1) is 30.0. The van der Waals surface area contributed by atoms with Crippen LogP contribution in [0.5, 0.6) is 11.5 Å². The molecule has 1 aliphatic carbocycles. The molecule has 1 fully saturated rings. The van der Waals surface area contributed by atoms with E-state index in [0.29, 0.717) is 31.0 Å². The summed E-state index contributed by atoms with van der Waals surface area (Å²) in [6.07, 6.45) is 9.83. The van der Waals surface area contributed by atoms with Gasteiger partial charge in [0.2, 0.25) is 0 Å². The number of carbonyl (C=O) groups excluding carboxylic acids is 1. The smallest absolute Gasteiger partial charge is 0.293 e. The summed E-state index contributed by atoms with van der Waals surface area (Å²) < 4.78 is 51.2. The number of anilines is 1. The lowest BCUT2D eigenvalue weighted by Gasteiger charge is -2.36. The van der Waals surface area contributed by atoms with Gasteiger partial charge in [0, 0.05) is 61.9 Å². The van der Waals surface area contributed by atoms with Gasteiger partial charge in [0.05, 0.1) is 21.6 Å². The highest BCUT2D eigenvalue weighted by Gasteiger charge is 2.35. The average Bonchev–Trinajstić information content (AvgIpc) is 3.73. The van der Waals surface area contributed by atoms with Crippen LogP contribution >= 0.6 is 11.6 Å². The number of sulfonamides is 1. The number of allylic oxidation sites excluding steroid dienone is 1. The second kappa shape index (κ2) is 17.9. The summed E-state index contributed by atoms with van der Waals surface area (Å²) >= 11 is 6.24. The van der Waals surface area contributed by atoms with Gasteiger partial charge in [0.1, 0.15) is 28.5 Å². The van der Waals surface area contributed by atoms with Crippen molar-refractivity contribution in [1.29, 1.82) is 0 Å². The molecule has 0 unspecified atom stereocenters. The van der Waals surface area contributed by atoms with E-state index in [0.717, 1.165) is 72.5 Å². The molecule has 3 aliphatic rings. The van der Waals surface area contributed by atoms with Gasteiger partial charge in [0.15, 0.2) is 0 Å². The first kappa shape index (κ1) is 44.0. The maximum absolute atomic E-state index is 15.4. The monoisotopic (exact) mass is 895 g/mol. The number of hydrogen-bond acceptors (Lipinski definition) is 10. The standard InChI is InChI=1S/C47H51ClFN7O6S/c1-46(2)16-12-35(40(27-46)32-4-7-36(48)8-5-32)29-55-20-14-31(15-21-55)33-6-10-39(43(25-33)62-37-24-34-13-19-50-44(34)51-28-37)45(57)53-63(60,61)38-9-11-41(42(26-38)56(58)59)52-30-47(49)17-22-54(3)23-18-47/h4-11,13-14,19,24-26,28,52H,12,15-18,20-23,27,29-30H2,1-3H3,(H,50,51)(H,53,57). The number of aromatic amines is 1. The van der Waals surface area contributed by atoms with Crippen molar-refractivity contribution in [2.45, 2.75) is 62.9 Å². The molecule has 5 aromatic rings. The van der Waals surface area contributed by atoms with Crippen molar-refractivity contribution in [2.24, 2.45) is 5.41 Å². The zero-order valence-corrected chi connectivity index (χ0v) is 37.1. The van der Waals surface area contributed by atoms with Crippen molar-refractivity contribution in [2.75, 3.05) is 51.6 Å². The van der Waals surface area contributed by atoms with Crippen LogP contribution in [0, 0.1) is 15.5 Å². The average molecular weight is 896 g/mol. The number of nitro groups is 1. The third kappa shape index (κ3) is 10.3. The number of nitrogens with one attached hydrogen (secondary N) is 3. The van der Waals surface area contributed by atoms with Crippen molar-refractivity contribution in [3.63, 3.8) is 0 Å². The molecule has 13 nitrogen and oxygen atoms in total. The summed E-state index contributed by atoms with van der Waals surface area (Å²) in [7, 11) is -2.73. The van der Waals surface area contributed by atoms with E-state index in [-0.39, 0.29) is 41.8 Å². The number of nitrogens with zero attached hydrogens (tertiary/aromatic N) is 4. The van der Waals surface area contributed by atoms with Crippen molar-refractivity contribution in [3.05, 3.63) is 129 Å². The number of amides is 1. The summed E-state index contributed by atoms with van der Waals surface area (Å²) in [6.45, 7) is 7.95. The summed E-state index contributed by atoms with van der Waals surface area (Å²) in [4.78, 5) is 36.7. The van der Waals surface area contributed by atoms with E-state index in [2.05, 4.69) is 57.0 Å². The lowest BCUT2D eigenvalue weighted by molar-refractivity contribution is -0.384. The molecule has 16 heteroatoms. The fourth-order valence-electron chi connectivity index (χ4n) is 8.61. The van der Waals surface area contributed by atoms with Gasteiger partial charge < -0.3 is 19.9 Å². The Morgan fingerprint density at radius 2 is 1.76 bits per heavy atom. The number of pyridine rings is 1. The first-order valence-corrected chi connectivity index (χ1v) is 23.0. The molecule has 1 amide bonds. The van der Waals surface area contributed by atoms with Crippen LogP contribution in [0.15, 0.2) is 102 Å². The van der Waals surface area contributed by atoms with Crippen molar-refractivity contribution in [1.82, 2.24) is 24.5 Å². The van der Waals surface area contributed by atoms with Crippen molar-refractivity contribution in [3.8, 4) is 11.5 Å². The number of hydrogen-bond donors (Lipinski definition) is 3. The fourth-order valence-corrected chi connectivity index (χ4v) is 9.72. The summed E-state index contributed by atoms with van der Waals surface area (Å²) in [6, 6.07) is 19.9. The quantitative estimate of drug-likeness (QED) is 0.0766. The molecular formula is C47H51ClFN7O6S.